The summed E-state index contributed by atoms with van der Waals surface area (Å²) < 4.78 is 44.4. The number of alkyl halides is 3. The molecule has 0 spiro atoms. The zero-order valence-corrected chi connectivity index (χ0v) is 18.8. The number of hydrogen-bond acceptors (Lipinski definition) is 7. The summed E-state index contributed by atoms with van der Waals surface area (Å²) in [5, 5.41) is 2.56. The molecule has 34 heavy (non-hydrogen) atoms. The zero-order chi connectivity index (χ0) is 24.9. The molecule has 0 unspecified atom stereocenters. The predicted octanol–water partition coefficient (Wildman–Crippen LogP) is 3.15. The van der Waals surface area contributed by atoms with Gasteiger partial charge in [0.25, 0.3) is 11.5 Å². The molecule has 0 saturated carbocycles. The van der Waals surface area contributed by atoms with Crippen molar-refractivity contribution in [3.63, 3.8) is 0 Å². The summed E-state index contributed by atoms with van der Waals surface area (Å²) in [6.07, 6.45) is -6.00. The molecular weight excluding hydrogens is 477 g/mol. The highest BCUT2D eigenvalue weighted by atomic mass is 32.1. The number of halogens is 3. The van der Waals surface area contributed by atoms with Gasteiger partial charge >= 0.3 is 12.1 Å². The van der Waals surface area contributed by atoms with E-state index in [2.05, 4.69) is 15.3 Å². The van der Waals surface area contributed by atoms with E-state index in [0.29, 0.717) is 16.2 Å². The lowest BCUT2D eigenvalue weighted by Crippen LogP contribution is -2.47. The molecule has 0 radical (unpaired) electrons. The van der Waals surface area contributed by atoms with Crippen LogP contribution in [0, 0.1) is 13.8 Å². The van der Waals surface area contributed by atoms with Gasteiger partial charge in [0.2, 0.25) is 5.91 Å². The summed E-state index contributed by atoms with van der Waals surface area (Å²) >= 11 is 0.941. The Morgan fingerprint density at radius 3 is 2.62 bits per heavy atom. The Morgan fingerprint density at radius 2 is 1.94 bits per heavy atom. The highest BCUT2D eigenvalue weighted by Gasteiger charge is 2.36. The van der Waals surface area contributed by atoms with Gasteiger partial charge in [-0.25, -0.2) is 9.78 Å². The zero-order valence-electron chi connectivity index (χ0n) is 18.0. The van der Waals surface area contributed by atoms with Crippen molar-refractivity contribution in [2.24, 2.45) is 0 Å². The van der Waals surface area contributed by atoms with Gasteiger partial charge in [-0.05, 0) is 44.5 Å². The number of rotatable bonds is 3. The Balaban J connectivity index is 1.59. The Kier molecular flexibility index (Phi) is 5.67. The van der Waals surface area contributed by atoms with Crippen molar-refractivity contribution < 1.29 is 32.3 Å². The number of benzene rings is 1. The molecular formula is C21H17F3N4O5S. The van der Waals surface area contributed by atoms with Crippen molar-refractivity contribution in [2.75, 3.05) is 16.8 Å². The second kappa shape index (κ2) is 8.24. The number of ether oxygens (including phenoxy) is 1. The number of hydrogen-bond donors (Lipinski definition) is 2. The van der Waals surface area contributed by atoms with Crippen LogP contribution in [0.3, 0.4) is 0 Å². The Labute approximate surface area is 193 Å². The van der Waals surface area contributed by atoms with Crippen LogP contribution < -0.4 is 15.8 Å². The van der Waals surface area contributed by atoms with Crippen LogP contribution in [0.15, 0.2) is 23.0 Å². The second-order valence-corrected chi connectivity index (χ2v) is 8.64. The van der Waals surface area contributed by atoms with Gasteiger partial charge in [-0.1, -0.05) is 0 Å². The van der Waals surface area contributed by atoms with Gasteiger partial charge in [0, 0.05) is 0 Å². The lowest BCUT2D eigenvalue weighted by Gasteiger charge is -2.31. The molecule has 0 bridgehead atoms. The molecule has 1 atom stereocenters. The maximum Gasteiger partial charge on any atom is 0.416 e. The summed E-state index contributed by atoms with van der Waals surface area (Å²) in [7, 11) is 0. The normalized spacial score (nSPS) is 14.5. The number of nitrogens with one attached hydrogen (secondary N) is 2. The minimum absolute atomic E-state index is 0.0461. The van der Waals surface area contributed by atoms with Gasteiger partial charge in [-0.15, -0.1) is 11.3 Å². The van der Waals surface area contributed by atoms with E-state index in [1.807, 2.05) is 0 Å². The van der Waals surface area contributed by atoms with Crippen LogP contribution in [0.25, 0.3) is 10.2 Å². The number of aromatic amines is 1. The topological polar surface area (TPSA) is 121 Å². The van der Waals surface area contributed by atoms with E-state index >= 15 is 0 Å². The Hall–Kier alpha value is -3.74. The molecule has 0 aliphatic carbocycles. The van der Waals surface area contributed by atoms with E-state index in [1.165, 1.54) is 6.92 Å². The summed E-state index contributed by atoms with van der Waals surface area (Å²) in [6, 6.07) is 2.59. The van der Waals surface area contributed by atoms with Crippen molar-refractivity contribution in [1.82, 2.24) is 9.97 Å². The van der Waals surface area contributed by atoms with Crippen molar-refractivity contribution in [1.29, 1.82) is 0 Å². The number of carbonyl (C=O) groups is 3. The molecule has 13 heteroatoms. The Bertz CT molecular complexity index is 1410. The van der Waals surface area contributed by atoms with Crippen LogP contribution in [-0.2, 0) is 20.5 Å². The fourth-order valence-corrected chi connectivity index (χ4v) is 4.70. The fraction of sp³-hybridized carbons (Fsp3) is 0.286. The monoisotopic (exact) mass is 494 g/mol. The van der Waals surface area contributed by atoms with Gasteiger partial charge in [-0.3, -0.25) is 19.3 Å². The van der Waals surface area contributed by atoms with Gasteiger partial charge in [-0.2, -0.15) is 13.2 Å². The average Bonchev–Trinajstić information content (AvgIpc) is 3.07. The maximum atomic E-state index is 13.0. The third-order valence-electron chi connectivity index (χ3n) is 5.19. The van der Waals surface area contributed by atoms with Gasteiger partial charge in [0.1, 0.15) is 22.1 Å². The molecule has 178 valence electrons. The number of carbonyl (C=O) groups excluding carboxylic acids is 3. The third-order valence-corrected chi connectivity index (χ3v) is 6.36. The fourth-order valence-electron chi connectivity index (χ4n) is 3.59. The Morgan fingerprint density at radius 1 is 1.24 bits per heavy atom. The van der Waals surface area contributed by atoms with E-state index in [4.69, 9.17) is 4.74 Å². The van der Waals surface area contributed by atoms with Gasteiger partial charge < -0.3 is 15.0 Å². The lowest BCUT2D eigenvalue weighted by atomic mass is 10.1. The largest absolute Gasteiger partial charge is 0.448 e. The minimum atomic E-state index is -4.63. The molecule has 3 heterocycles. The minimum Gasteiger partial charge on any atom is -0.448 e. The van der Waals surface area contributed by atoms with E-state index < -0.39 is 47.7 Å². The molecule has 1 aliphatic rings. The average molecular weight is 494 g/mol. The highest BCUT2D eigenvalue weighted by molar-refractivity contribution is 7.20. The lowest BCUT2D eigenvalue weighted by molar-refractivity contribution is -0.137. The molecule has 4 rings (SSSR count). The van der Waals surface area contributed by atoms with E-state index in [1.54, 1.807) is 13.8 Å². The number of nitrogens with zero attached hydrogens (tertiary/aromatic N) is 2. The van der Waals surface area contributed by atoms with Gasteiger partial charge in [0.15, 0.2) is 6.10 Å². The SMILES string of the molecule is Cc1nc2sc(C(=O)O[C@H](C)C(=O)N3CC(=O)Nc4cc(C(F)(F)F)ccc43)c(C)c2c(=O)[nH]1. The van der Waals surface area contributed by atoms with E-state index in [9.17, 15) is 32.3 Å². The van der Waals surface area contributed by atoms with Crippen LogP contribution in [0.1, 0.15) is 33.5 Å². The molecule has 0 saturated heterocycles. The van der Waals surface area contributed by atoms with Crippen molar-refractivity contribution in [3.05, 3.63) is 50.4 Å². The first-order valence-electron chi connectivity index (χ1n) is 9.90. The van der Waals surface area contributed by atoms with Crippen LogP contribution in [0.2, 0.25) is 0 Å². The van der Waals surface area contributed by atoms with Crippen LogP contribution in [-0.4, -0.2) is 40.4 Å². The predicted molar refractivity (Wildman–Crippen MR) is 117 cm³/mol. The smallest absolute Gasteiger partial charge is 0.416 e. The van der Waals surface area contributed by atoms with Crippen molar-refractivity contribution in [2.45, 2.75) is 33.1 Å². The maximum absolute atomic E-state index is 13.0. The molecule has 2 aromatic heterocycles. The molecule has 2 amide bonds. The van der Waals surface area contributed by atoms with E-state index in [0.717, 1.165) is 34.4 Å². The molecule has 2 N–H and O–H groups in total. The second-order valence-electron chi connectivity index (χ2n) is 7.64. The third kappa shape index (κ3) is 4.14. The molecule has 1 aliphatic heterocycles. The first-order chi connectivity index (χ1) is 15.9. The number of fused-ring (bicyclic) bond motifs is 2. The van der Waals surface area contributed by atoms with Gasteiger partial charge in [0.05, 0.1) is 22.3 Å². The van der Waals surface area contributed by atoms with Crippen molar-refractivity contribution in [3.8, 4) is 0 Å². The van der Waals surface area contributed by atoms with Crippen LogP contribution in [0.4, 0.5) is 24.5 Å². The quantitative estimate of drug-likeness (QED) is 0.540. The number of anilines is 2. The number of H-pyrrole nitrogens is 1. The summed E-state index contributed by atoms with van der Waals surface area (Å²) in [6.45, 7) is 3.98. The first-order valence-corrected chi connectivity index (χ1v) is 10.7. The first kappa shape index (κ1) is 23.4. The summed E-state index contributed by atoms with van der Waals surface area (Å²) in [5.74, 6) is -1.99. The number of aromatic nitrogens is 2. The number of esters is 1. The molecule has 9 nitrogen and oxygen atoms in total. The standard InChI is InChI=1S/C21H17F3N4O5S/c1-8-15-17(30)25-10(3)26-18(15)34-16(8)20(32)33-9(2)19(31)28-7-14(29)27-12-6-11(21(22,23)24)4-5-13(12)28/h4-6,9H,7H2,1-3H3,(H,27,29)(H,25,26,30)/t9-/m1/s1. The van der Waals surface area contributed by atoms with E-state index in [-0.39, 0.29) is 21.6 Å². The number of thiophene rings is 1. The van der Waals surface area contributed by atoms with Crippen LogP contribution >= 0.6 is 11.3 Å². The highest BCUT2D eigenvalue weighted by Crippen LogP contribution is 2.37. The molecule has 3 aromatic rings. The van der Waals surface area contributed by atoms with Crippen LogP contribution in [0.5, 0.6) is 0 Å². The number of aryl methyl sites for hydroxylation is 2. The molecule has 1 aromatic carbocycles. The summed E-state index contributed by atoms with van der Waals surface area (Å²) in [5.41, 5.74) is -1.18. The van der Waals surface area contributed by atoms with Crippen molar-refractivity contribution >= 4 is 50.7 Å². The molecule has 0 fully saturated rings. The number of amides is 2. The summed E-state index contributed by atoms with van der Waals surface area (Å²) in [4.78, 5) is 58.2.